The lowest BCUT2D eigenvalue weighted by atomic mass is 10.1. The molecule has 1 heterocycles. The summed E-state index contributed by atoms with van der Waals surface area (Å²) in [6.07, 6.45) is 0. The molecule has 1 unspecified atom stereocenters. The number of rotatable bonds is 1. The fraction of sp³-hybridized carbons (Fsp3) is 0.250. The molecule has 1 aliphatic heterocycles. The number of hydrogen-bond acceptors (Lipinski definition) is 2. The average Bonchev–Trinajstić information content (AvgIpc) is 2.71. The zero-order valence-corrected chi connectivity index (χ0v) is 5.67. The van der Waals surface area contributed by atoms with Gasteiger partial charge in [-0.15, -0.1) is 0 Å². The van der Waals surface area contributed by atoms with Crippen molar-refractivity contribution in [2.75, 3.05) is 12.3 Å². The third kappa shape index (κ3) is 0.977. The fourth-order valence-corrected chi connectivity index (χ4v) is 1.02. The third-order valence-electron chi connectivity index (χ3n) is 1.75. The van der Waals surface area contributed by atoms with Crippen LogP contribution < -0.4 is 11.1 Å². The Morgan fingerprint density at radius 2 is 1.90 bits per heavy atom. The van der Waals surface area contributed by atoms with Crippen molar-refractivity contribution in [3.63, 3.8) is 0 Å². The molecule has 2 heteroatoms. The second kappa shape index (κ2) is 1.99. The summed E-state index contributed by atoms with van der Waals surface area (Å²) in [5.74, 6) is 0. The highest BCUT2D eigenvalue weighted by molar-refractivity contribution is 5.40. The zero-order chi connectivity index (χ0) is 6.97. The molecule has 0 aliphatic carbocycles. The quantitative estimate of drug-likeness (QED) is 0.443. The molecule has 1 aromatic carbocycles. The van der Waals surface area contributed by atoms with E-state index in [1.165, 1.54) is 5.56 Å². The second-order valence-electron chi connectivity index (χ2n) is 2.63. The first-order valence-corrected chi connectivity index (χ1v) is 3.45. The Hall–Kier alpha value is -1.02. The van der Waals surface area contributed by atoms with Crippen LogP contribution in [-0.2, 0) is 0 Å². The minimum atomic E-state index is 0.598. The summed E-state index contributed by atoms with van der Waals surface area (Å²) in [4.78, 5) is 0. The molecule has 1 fully saturated rings. The molecule has 0 aromatic heterocycles. The zero-order valence-electron chi connectivity index (χ0n) is 5.67. The van der Waals surface area contributed by atoms with Gasteiger partial charge in [-0.05, 0) is 17.7 Å². The number of nitrogen functional groups attached to an aromatic ring is 1. The van der Waals surface area contributed by atoms with Crippen LogP contribution in [0.2, 0.25) is 0 Å². The van der Waals surface area contributed by atoms with Crippen LogP contribution in [-0.4, -0.2) is 6.54 Å². The van der Waals surface area contributed by atoms with Gasteiger partial charge in [0.1, 0.15) is 0 Å². The van der Waals surface area contributed by atoms with Crippen molar-refractivity contribution in [1.82, 2.24) is 5.32 Å². The Kier molecular flexibility index (Phi) is 1.14. The van der Waals surface area contributed by atoms with Crippen molar-refractivity contribution in [3.05, 3.63) is 29.8 Å². The molecular formula is C8H10N2. The van der Waals surface area contributed by atoms with E-state index in [9.17, 15) is 0 Å². The predicted molar refractivity (Wildman–Crippen MR) is 41.6 cm³/mol. The highest BCUT2D eigenvalue weighted by Crippen LogP contribution is 2.21. The third-order valence-corrected chi connectivity index (χ3v) is 1.75. The molecule has 1 aliphatic rings. The van der Waals surface area contributed by atoms with Crippen molar-refractivity contribution in [2.24, 2.45) is 0 Å². The SMILES string of the molecule is Nc1ccc(C2CN2)cc1. The number of nitrogens with two attached hydrogens (primary N) is 1. The Morgan fingerprint density at radius 3 is 2.40 bits per heavy atom. The highest BCUT2D eigenvalue weighted by atomic mass is 15.1. The van der Waals surface area contributed by atoms with E-state index in [1.807, 2.05) is 12.1 Å². The Bertz CT molecular complexity index is 224. The lowest BCUT2D eigenvalue weighted by Gasteiger charge is -1.95. The molecule has 2 rings (SSSR count). The molecule has 0 bridgehead atoms. The first-order chi connectivity index (χ1) is 4.86. The summed E-state index contributed by atoms with van der Waals surface area (Å²) in [5, 5.41) is 3.23. The Morgan fingerprint density at radius 1 is 1.30 bits per heavy atom. The van der Waals surface area contributed by atoms with Gasteiger partial charge in [0.05, 0.1) is 0 Å². The van der Waals surface area contributed by atoms with Crippen LogP contribution in [0.25, 0.3) is 0 Å². The molecule has 1 atom stereocenters. The van der Waals surface area contributed by atoms with Gasteiger partial charge in [-0.25, -0.2) is 0 Å². The van der Waals surface area contributed by atoms with Gasteiger partial charge in [-0.2, -0.15) is 0 Å². The van der Waals surface area contributed by atoms with Crippen molar-refractivity contribution < 1.29 is 0 Å². The van der Waals surface area contributed by atoms with Gasteiger partial charge in [0.2, 0.25) is 0 Å². The van der Waals surface area contributed by atoms with Gasteiger partial charge in [0.15, 0.2) is 0 Å². The smallest absolute Gasteiger partial charge is 0.0447 e. The number of benzene rings is 1. The second-order valence-corrected chi connectivity index (χ2v) is 2.63. The molecule has 1 saturated heterocycles. The average molecular weight is 134 g/mol. The summed E-state index contributed by atoms with van der Waals surface area (Å²) in [7, 11) is 0. The Labute approximate surface area is 60.0 Å². The van der Waals surface area contributed by atoms with E-state index >= 15 is 0 Å². The molecule has 0 amide bonds. The molecule has 10 heavy (non-hydrogen) atoms. The normalized spacial score (nSPS) is 22.6. The molecule has 0 radical (unpaired) electrons. The molecule has 3 N–H and O–H groups in total. The van der Waals surface area contributed by atoms with E-state index in [1.54, 1.807) is 0 Å². The Balaban J connectivity index is 2.28. The maximum absolute atomic E-state index is 5.53. The van der Waals surface area contributed by atoms with E-state index in [0.717, 1.165) is 12.2 Å². The van der Waals surface area contributed by atoms with E-state index in [0.29, 0.717) is 6.04 Å². The largest absolute Gasteiger partial charge is 0.399 e. The predicted octanol–water partition coefficient (Wildman–Crippen LogP) is 0.913. The van der Waals surface area contributed by atoms with E-state index < -0.39 is 0 Å². The van der Waals surface area contributed by atoms with E-state index in [-0.39, 0.29) is 0 Å². The van der Waals surface area contributed by atoms with Crippen LogP contribution in [0.4, 0.5) is 5.69 Å². The number of nitrogens with one attached hydrogen (secondary N) is 1. The molecular weight excluding hydrogens is 124 g/mol. The van der Waals surface area contributed by atoms with E-state index in [4.69, 9.17) is 5.73 Å². The van der Waals surface area contributed by atoms with Gasteiger partial charge in [-0.1, -0.05) is 12.1 Å². The highest BCUT2D eigenvalue weighted by Gasteiger charge is 2.21. The summed E-state index contributed by atoms with van der Waals surface area (Å²) in [5.41, 5.74) is 7.71. The molecule has 0 saturated carbocycles. The minimum Gasteiger partial charge on any atom is -0.399 e. The van der Waals surface area contributed by atoms with Crippen molar-refractivity contribution >= 4 is 5.69 Å². The van der Waals surface area contributed by atoms with Crippen LogP contribution in [0.3, 0.4) is 0 Å². The van der Waals surface area contributed by atoms with Crippen molar-refractivity contribution in [3.8, 4) is 0 Å². The minimum absolute atomic E-state index is 0.598. The molecule has 0 spiro atoms. The molecule has 1 aromatic rings. The maximum atomic E-state index is 5.53. The summed E-state index contributed by atoms with van der Waals surface area (Å²) >= 11 is 0. The molecule has 2 nitrogen and oxygen atoms in total. The monoisotopic (exact) mass is 134 g/mol. The number of anilines is 1. The van der Waals surface area contributed by atoms with E-state index in [2.05, 4.69) is 17.4 Å². The van der Waals surface area contributed by atoms with Gasteiger partial charge in [0.25, 0.3) is 0 Å². The van der Waals surface area contributed by atoms with Crippen LogP contribution >= 0.6 is 0 Å². The summed E-state index contributed by atoms with van der Waals surface area (Å²) < 4.78 is 0. The topological polar surface area (TPSA) is 48.0 Å². The lowest BCUT2D eigenvalue weighted by Crippen LogP contribution is -1.86. The number of hydrogen-bond donors (Lipinski definition) is 2. The maximum Gasteiger partial charge on any atom is 0.0447 e. The summed E-state index contributed by atoms with van der Waals surface area (Å²) in [6, 6.07) is 8.62. The van der Waals surface area contributed by atoms with Crippen molar-refractivity contribution in [1.29, 1.82) is 0 Å². The first-order valence-electron chi connectivity index (χ1n) is 3.45. The van der Waals surface area contributed by atoms with Crippen LogP contribution in [0, 0.1) is 0 Å². The van der Waals surface area contributed by atoms with Gasteiger partial charge in [0, 0.05) is 18.3 Å². The molecule has 52 valence electrons. The van der Waals surface area contributed by atoms with Crippen LogP contribution in [0.5, 0.6) is 0 Å². The van der Waals surface area contributed by atoms with Gasteiger partial charge >= 0.3 is 0 Å². The van der Waals surface area contributed by atoms with Crippen LogP contribution in [0.15, 0.2) is 24.3 Å². The standard InChI is InChI=1S/C8H10N2/c9-7-3-1-6(2-4-7)8-5-10-8/h1-4,8,10H,5,9H2. The fourth-order valence-electron chi connectivity index (χ4n) is 1.02. The summed E-state index contributed by atoms with van der Waals surface area (Å²) in [6.45, 7) is 1.11. The van der Waals surface area contributed by atoms with Crippen molar-refractivity contribution in [2.45, 2.75) is 6.04 Å². The van der Waals surface area contributed by atoms with Gasteiger partial charge < -0.3 is 11.1 Å². The van der Waals surface area contributed by atoms with Gasteiger partial charge in [-0.3, -0.25) is 0 Å². The first kappa shape index (κ1) is 5.74. The van der Waals surface area contributed by atoms with Crippen LogP contribution in [0.1, 0.15) is 11.6 Å². The lowest BCUT2D eigenvalue weighted by molar-refractivity contribution is 1.08.